The lowest BCUT2D eigenvalue weighted by atomic mass is 9.85. The molecule has 1 heterocycles. The van der Waals surface area contributed by atoms with Gasteiger partial charge in [0.15, 0.2) is 29.3 Å². The Labute approximate surface area is 249 Å². The zero-order valence-corrected chi connectivity index (χ0v) is 25.3. The molecule has 0 bridgehead atoms. The number of fused-ring (bicyclic) bond motifs is 1. The van der Waals surface area contributed by atoms with Crippen molar-refractivity contribution in [2.75, 3.05) is 56.4 Å². The summed E-state index contributed by atoms with van der Waals surface area (Å²) in [5.41, 5.74) is 0.218. The van der Waals surface area contributed by atoms with Gasteiger partial charge in [-0.05, 0) is 37.0 Å². The molecule has 232 valence electrons. The first-order valence-electron chi connectivity index (χ1n) is 13.5. The summed E-state index contributed by atoms with van der Waals surface area (Å²) < 4.78 is 50.4. The minimum atomic E-state index is -0.974. The first-order chi connectivity index (χ1) is 20.8. The van der Waals surface area contributed by atoms with Gasteiger partial charge in [-0.3, -0.25) is 0 Å². The lowest BCUT2D eigenvalue weighted by Crippen LogP contribution is -2.22. The Hall–Kier alpha value is -4.42. The second kappa shape index (κ2) is 13.7. The number of esters is 2. The van der Waals surface area contributed by atoms with Gasteiger partial charge in [-0.25, -0.2) is 9.59 Å². The molecule has 3 aromatic carbocycles. The normalized spacial score (nSPS) is 14.6. The molecule has 1 aliphatic rings. The van der Waals surface area contributed by atoms with Crippen molar-refractivity contribution >= 4 is 22.7 Å². The molecule has 4 rings (SSSR count). The molecule has 1 saturated heterocycles. The van der Waals surface area contributed by atoms with Crippen molar-refractivity contribution < 1.29 is 57.3 Å². The molecule has 43 heavy (non-hydrogen) atoms. The Kier molecular flexibility index (Phi) is 10.0. The van der Waals surface area contributed by atoms with E-state index in [1.807, 2.05) is 0 Å². The molecule has 0 radical (unpaired) electrons. The molecular formula is C31H36O12. The van der Waals surface area contributed by atoms with Crippen LogP contribution in [0.25, 0.3) is 21.9 Å². The standard InChI is InChI=1S/C31H36O12/c1-35-18-12-11-16(14-19(18)36-2)21-23-22(26(32)25(31(34)41-7)24(21)30(33)40-6)17(15-43-20-10-8-9-13-42-20)27(37-3)29(39-5)28(23)38-4/h11-12,14,20,32H,8-10,13,15H2,1-7H3. The van der Waals surface area contributed by atoms with Crippen LogP contribution in [0.15, 0.2) is 18.2 Å². The van der Waals surface area contributed by atoms with E-state index in [9.17, 15) is 14.7 Å². The quantitative estimate of drug-likeness (QED) is 0.301. The Bertz CT molecular complexity index is 1510. The number of methoxy groups -OCH3 is 7. The van der Waals surface area contributed by atoms with Gasteiger partial charge in [0.25, 0.3) is 0 Å². The molecule has 1 fully saturated rings. The van der Waals surface area contributed by atoms with Gasteiger partial charge in [0.1, 0.15) is 11.3 Å². The number of hydrogen-bond acceptors (Lipinski definition) is 12. The van der Waals surface area contributed by atoms with Gasteiger partial charge in [0, 0.05) is 28.5 Å². The van der Waals surface area contributed by atoms with E-state index in [1.54, 1.807) is 18.2 Å². The van der Waals surface area contributed by atoms with Gasteiger partial charge < -0.3 is 47.7 Å². The lowest BCUT2D eigenvalue weighted by molar-refractivity contribution is -0.168. The highest BCUT2D eigenvalue weighted by molar-refractivity contribution is 6.21. The van der Waals surface area contributed by atoms with E-state index in [4.69, 9.17) is 42.6 Å². The van der Waals surface area contributed by atoms with Crippen LogP contribution >= 0.6 is 0 Å². The smallest absolute Gasteiger partial charge is 0.342 e. The molecule has 12 heteroatoms. The fourth-order valence-electron chi connectivity index (χ4n) is 5.36. The van der Waals surface area contributed by atoms with Crippen LogP contribution in [0.1, 0.15) is 45.5 Å². The highest BCUT2D eigenvalue weighted by Gasteiger charge is 2.36. The van der Waals surface area contributed by atoms with E-state index >= 15 is 0 Å². The number of carbonyl (C=O) groups is 2. The van der Waals surface area contributed by atoms with E-state index in [0.29, 0.717) is 35.7 Å². The summed E-state index contributed by atoms with van der Waals surface area (Å²) in [7, 11) is 9.53. The molecule has 12 nitrogen and oxygen atoms in total. The predicted molar refractivity (Wildman–Crippen MR) is 155 cm³/mol. The fraction of sp³-hybridized carbons (Fsp3) is 0.419. The number of rotatable bonds is 11. The predicted octanol–water partition coefficient (Wildman–Crippen LogP) is 4.87. The van der Waals surface area contributed by atoms with E-state index in [0.717, 1.165) is 27.1 Å². The van der Waals surface area contributed by atoms with Crippen LogP contribution < -0.4 is 23.7 Å². The summed E-state index contributed by atoms with van der Waals surface area (Å²) in [5, 5.41) is 12.2. The van der Waals surface area contributed by atoms with Gasteiger partial charge in [-0.1, -0.05) is 6.07 Å². The van der Waals surface area contributed by atoms with Crippen molar-refractivity contribution in [2.24, 2.45) is 0 Å². The van der Waals surface area contributed by atoms with Gasteiger partial charge in [-0.2, -0.15) is 0 Å². The largest absolute Gasteiger partial charge is 0.506 e. The number of carbonyl (C=O) groups excluding carboxylic acids is 2. The fourth-order valence-corrected chi connectivity index (χ4v) is 5.36. The molecule has 0 saturated carbocycles. The number of benzene rings is 3. The molecule has 0 amide bonds. The van der Waals surface area contributed by atoms with E-state index in [1.165, 1.54) is 35.5 Å². The Morgan fingerprint density at radius 3 is 2.00 bits per heavy atom. The second-order valence-electron chi connectivity index (χ2n) is 9.46. The summed E-state index contributed by atoms with van der Waals surface area (Å²) in [6, 6.07) is 4.94. The average molecular weight is 601 g/mol. The van der Waals surface area contributed by atoms with Gasteiger partial charge >= 0.3 is 11.9 Å². The van der Waals surface area contributed by atoms with Crippen LogP contribution in [-0.4, -0.2) is 79.7 Å². The Morgan fingerprint density at radius 2 is 1.44 bits per heavy atom. The first kappa shape index (κ1) is 31.5. The van der Waals surface area contributed by atoms with E-state index in [2.05, 4.69) is 0 Å². The van der Waals surface area contributed by atoms with E-state index < -0.39 is 29.5 Å². The maximum absolute atomic E-state index is 13.5. The number of phenols is 1. The minimum absolute atomic E-state index is 0.109. The van der Waals surface area contributed by atoms with Crippen molar-refractivity contribution in [3.8, 4) is 45.6 Å². The van der Waals surface area contributed by atoms with Crippen LogP contribution in [0.5, 0.6) is 34.5 Å². The van der Waals surface area contributed by atoms with Crippen molar-refractivity contribution in [3.05, 3.63) is 34.9 Å². The average Bonchev–Trinajstić information content (AvgIpc) is 3.05. The van der Waals surface area contributed by atoms with Crippen LogP contribution in [0, 0.1) is 0 Å². The zero-order valence-electron chi connectivity index (χ0n) is 25.3. The molecule has 1 aliphatic heterocycles. The third kappa shape index (κ3) is 5.67. The van der Waals surface area contributed by atoms with Crippen molar-refractivity contribution in [1.82, 2.24) is 0 Å². The van der Waals surface area contributed by atoms with Gasteiger partial charge in [-0.15, -0.1) is 0 Å². The van der Waals surface area contributed by atoms with Gasteiger partial charge in [0.05, 0.1) is 61.9 Å². The number of hydrogen-bond donors (Lipinski definition) is 1. The van der Waals surface area contributed by atoms with Crippen molar-refractivity contribution in [2.45, 2.75) is 32.2 Å². The highest BCUT2D eigenvalue weighted by Crippen LogP contribution is 2.55. The first-order valence-corrected chi connectivity index (χ1v) is 13.5. The van der Waals surface area contributed by atoms with Crippen LogP contribution in [0.4, 0.5) is 0 Å². The number of ether oxygens (including phenoxy) is 9. The zero-order chi connectivity index (χ0) is 31.3. The minimum Gasteiger partial charge on any atom is -0.506 e. The SMILES string of the molecule is COC(=O)c1c(C(=O)OC)c(-c2ccc(OC)c(OC)c2)c2c(OC)c(OC)c(OC)c(COC3CCCCO3)c2c1O. The second-order valence-corrected chi connectivity index (χ2v) is 9.46. The van der Waals surface area contributed by atoms with E-state index in [-0.39, 0.29) is 45.8 Å². The summed E-state index contributed by atoms with van der Waals surface area (Å²) >= 11 is 0. The molecular weight excluding hydrogens is 564 g/mol. The molecule has 1 unspecified atom stereocenters. The molecule has 1 atom stereocenters. The third-order valence-electron chi connectivity index (χ3n) is 7.30. The van der Waals surface area contributed by atoms with Crippen LogP contribution in [0.3, 0.4) is 0 Å². The summed E-state index contributed by atoms with van der Waals surface area (Å²) in [6.07, 6.45) is 2.04. The molecule has 1 N–H and O–H groups in total. The summed E-state index contributed by atoms with van der Waals surface area (Å²) in [4.78, 5) is 26.8. The van der Waals surface area contributed by atoms with Gasteiger partial charge in [0.2, 0.25) is 5.75 Å². The number of phenolic OH excluding ortho intramolecular Hbond substituents is 1. The van der Waals surface area contributed by atoms with Crippen molar-refractivity contribution in [3.63, 3.8) is 0 Å². The van der Waals surface area contributed by atoms with Crippen molar-refractivity contribution in [1.29, 1.82) is 0 Å². The molecule has 0 aromatic heterocycles. The highest BCUT2D eigenvalue weighted by atomic mass is 16.7. The monoisotopic (exact) mass is 600 g/mol. The summed E-state index contributed by atoms with van der Waals surface area (Å²) in [5.74, 6) is -1.20. The molecule has 3 aromatic rings. The van der Waals surface area contributed by atoms with Crippen LogP contribution in [-0.2, 0) is 25.6 Å². The Balaban J connectivity index is 2.25. The molecule has 0 aliphatic carbocycles. The third-order valence-corrected chi connectivity index (χ3v) is 7.30. The molecule has 0 spiro atoms. The summed E-state index contributed by atoms with van der Waals surface area (Å²) in [6.45, 7) is 0.444. The maximum Gasteiger partial charge on any atom is 0.342 e. The lowest BCUT2D eigenvalue weighted by Gasteiger charge is -2.27. The maximum atomic E-state index is 13.5. The number of aromatic hydroxyl groups is 1. The topological polar surface area (TPSA) is 137 Å². The van der Waals surface area contributed by atoms with Crippen LogP contribution in [0.2, 0.25) is 0 Å². The Morgan fingerprint density at radius 1 is 0.791 bits per heavy atom.